The van der Waals surface area contributed by atoms with E-state index in [-0.39, 0.29) is 5.38 Å². The van der Waals surface area contributed by atoms with Gasteiger partial charge in [-0.3, -0.25) is 0 Å². The van der Waals surface area contributed by atoms with E-state index in [2.05, 4.69) is 9.97 Å². The third kappa shape index (κ3) is 2.71. The maximum absolute atomic E-state index is 6.17. The van der Waals surface area contributed by atoms with Crippen LogP contribution in [0.5, 0.6) is 0 Å². The van der Waals surface area contributed by atoms with Crippen molar-refractivity contribution in [1.29, 1.82) is 0 Å². The van der Waals surface area contributed by atoms with E-state index >= 15 is 0 Å². The van der Waals surface area contributed by atoms with Gasteiger partial charge in [0.05, 0.1) is 12.0 Å². The Balaban J connectivity index is 2.14. The summed E-state index contributed by atoms with van der Waals surface area (Å²) in [6, 6.07) is 0. The average molecular weight is 241 g/mol. The molecular formula is C12H17ClN2O. The Morgan fingerprint density at radius 2 is 2.19 bits per heavy atom. The number of nitrogens with zero attached hydrogens (tertiary/aromatic N) is 2. The number of halogens is 1. The van der Waals surface area contributed by atoms with Crippen molar-refractivity contribution in [3.63, 3.8) is 0 Å². The third-order valence-electron chi connectivity index (χ3n) is 2.98. The topological polar surface area (TPSA) is 35.0 Å². The second-order valence-corrected chi connectivity index (χ2v) is 4.83. The van der Waals surface area contributed by atoms with Crippen molar-refractivity contribution in [3.8, 4) is 0 Å². The Morgan fingerprint density at radius 3 is 3.00 bits per heavy atom. The number of aryl methyl sites for hydroxylation is 1. The second-order valence-electron chi connectivity index (χ2n) is 4.21. The molecule has 0 fully saturated rings. The predicted octanol–water partition coefficient (Wildman–Crippen LogP) is 2.15. The SMILES string of the molecule is COCC(Cl)Cc1ncnc2c1CCCC2. The van der Waals surface area contributed by atoms with Crippen molar-refractivity contribution in [2.45, 2.75) is 37.5 Å². The van der Waals surface area contributed by atoms with Gasteiger partial charge in [-0.05, 0) is 31.2 Å². The number of hydrogen-bond acceptors (Lipinski definition) is 3. The number of fused-ring (bicyclic) bond motifs is 1. The minimum absolute atomic E-state index is 0.00549. The van der Waals surface area contributed by atoms with Gasteiger partial charge in [-0.25, -0.2) is 9.97 Å². The first-order valence-electron chi connectivity index (χ1n) is 5.76. The molecule has 0 bridgehead atoms. The van der Waals surface area contributed by atoms with Crippen LogP contribution in [0, 0.1) is 0 Å². The number of hydrogen-bond donors (Lipinski definition) is 0. The highest BCUT2D eigenvalue weighted by molar-refractivity contribution is 6.20. The molecule has 1 heterocycles. The molecule has 0 radical (unpaired) electrons. The molecule has 1 aromatic rings. The molecule has 0 spiro atoms. The van der Waals surface area contributed by atoms with Gasteiger partial charge >= 0.3 is 0 Å². The first-order chi connectivity index (χ1) is 7.81. The molecule has 4 heteroatoms. The quantitative estimate of drug-likeness (QED) is 0.757. The van der Waals surface area contributed by atoms with Crippen LogP contribution in [0.4, 0.5) is 0 Å². The van der Waals surface area contributed by atoms with E-state index in [1.54, 1.807) is 13.4 Å². The lowest BCUT2D eigenvalue weighted by atomic mass is 9.93. The zero-order valence-electron chi connectivity index (χ0n) is 9.58. The van der Waals surface area contributed by atoms with Gasteiger partial charge in [-0.15, -0.1) is 11.6 Å². The molecule has 1 aromatic heterocycles. The van der Waals surface area contributed by atoms with E-state index in [9.17, 15) is 0 Å². The Hall–Kier alpha value is -0.670. The lowest BCUT2D eigenvalue weighted by Gasteiger charge is -2.18. The van der Waals surface area contributed by atoms with Crippen LogP contribution in [-0.2, 0) is 24.0 Å². The van der Waals surface area contributed by atoms with Gasteiger partial charge in [0.25, 0.3) is 0 Å². The fourth-order valence-electron chi connectivity index (χ4n) is 2.21. The van der Waals surface area contributed by atoms with Crippen LogP contribution in [0.2, 0.25) is 0 Å². The monoisotopic (exact) mass is 240 g/mol. The van der Waals surface area contributed by atoms with Crippen LogP contribution in [-0.4, -0.2) is 29.1 Å². The molecule has 1 aliphatic carbocycles. The number of aromatic nitrogens is 2. The van der Waals surface area contributed by atoms with E-state index in [0.29, 0.717) is 6.61 Å². The van der Waals surface area contributed by atoms with E-state index in [4.69, 9.17) is 16.3 Å². The molecule has 1 atom stereocenters. The number of methoxy groups -OCH3 is 1. The van der Waals surface area contributed by atoms with Crippen LogP contribution in [0.1, 0.15) is 29.8 Å². The Kier molecular flexibility index (Phi) is 4.13. The summed E-state index contributed by atoms with van der Waals surface area (Å²) >= 11 is 6.17. The van der Waals surface area contributed by atoms with Crippen LogP contribution < -0.4 is 0 Å². The summed E-state index contributed by atoms with van der Waals surface area (Å²) in [5, 5.41) is 0.00549. The lowest BCUT2D eigenvalue weighted by Crippen LogP contribution is -2.16. The largest absolute Gasteiger partial charge is 0.383 e. The summed E-state index contributed by atoms with van der Waals surface area (Å²) in [5.41, 5.74) is 3.66. The van der Waals surface area contributed by atoms with Gasteiger partial charge < -0.3 is 4.74 Å². The van der Waals surface area contributed by atoms with Gasteiger partial charge in [0.15, 0.2) is 0 Å². The highest BCUT2D eigenvalue weighted by atomic mass is 35.5. The minimum atomic E-state index is 0.00549. The molecule has 0 saturated heterocycles. The molecule has 16 heavy (non-hydrogen) atoms. The van der Waals surface area contributed by atoms with Crippen LogP contribution >= 0.6 is 11.6 Å². The van der Waals surface area contributed by atoms with Crippen molar-refractivity contribution in [1.82, 2.24) is 9.97 Å². The molecular weight excluding hydrogens is 224 g/mol. The highest BCUT2D eigenvalue weighted by Crippen LogP contribution is 2.22. The van der Waals surface area contributed by atoms with E-state index < -0.39 is 0 Å². The van der Waals surface area contributed by atoms with Crippen molar-refractivity contribution in [2.24, 2.45) is 0 Å². The molecule has 0 aromatic carbocycles. The van der Waals surface area contributed by atoms with Crippen LogP contribution in [0.15, 0.2) is 6.33 Å². The Bertz CT molecular complexity index is 357. The summed E-state index contributed by atoms with van der Waals surface area (Å²) in [4.78, 5) is 8.71. The lowest BCUT2D eigenvalue weighted by molar-refractivity contribution is 0.197. The summed E-state index contributed by atoms with van der Waals surface area (Å²) in [5.74, 6) is 0. The van der Waals surface area contributed by atoms with Crippen LogP contribution in [0.3, 0.4) is 0 Å². The molecule has 0 saturated carbocycles. The zero-order chi connectivity index (χ0) is 11.4. The Labute approximate surface area is 101 Å². The van der Waals surface area contributed by atoms with Crippen molar-refractivity contribution in [3.05, 3.63) is 23.3 Å². The smallest absolute Gasteiger partial charge is 0.115 e. The normalized spacial score (nSPS) is 16.9. The van der Waals surface area contributed by atoms with Gasteiger partial charge in [0, 0.05) is 24.9 Å². The minimum Gasteiger partial charge on any atom is -0.383 e. The molecule has 1 aliphatic rings. The first-order valence-corrected chi connectivity index (χ1v) is 6.19. The summed E-state index contributed by atoms with van der Waals surface area (Å²) in [7, 11) is 1.67. The van der Waals surface area contributed by atoms with Crippen LogP contribution in [0.25, 0.3) is 0 Å². The molecule has 0 amide bonds. The van der Waals surface area contributed by atoms with Crippen molar-refractivity contribution >= 4 is 11.6 Å². The zero-order valence-corrected chi connectivity index (χ0v) is 10.3. The Morgan fingerprint density at radius 1 is 1.38 bits per heavy atom. The molecule has 3 nitrogen and oxygen atoms in total. The number of rotatable bonds is 4. The molecule has 88 valence electrons. The molecule has 0 aliphatic heterocycles. The number of ether oxygens (including phenoxy) is 1. The maximum atomic E-state index is 6.17. The molecule has 2 rings (SSSR count). The second kappa shape index (κ2) is 5.60. The molecule has 0 N–H and O–H groups in total. The summed E-state index contributed by atoms with van der Waals surface area (Å²) < 4.78 is 5.04. The molecule has 1 unspecified atom stereocenters. The van der Waals surface area contributed by atoms with Crippen molar-refractivity contribution < 1.29 is 4.74 Å². The predicted molar refractivity (Wildman–Crippen MR) is 63.9 cm³/mol. The third-order valence-corrected chi connectivity index (χ3v) is 3.26. The fourth-order valence-corrected chi connectivity index (χ4v) is 2.49. The number of alkyl halides is 1. The average Bonchev–Trinajstić information content (AvgIpc) is 2.30. The first kappa shape index (κ1) is 11.8. The van der Waals surface area contributed by atoms with Gasteiger partial charge in [0.2, 0.25) is 0 Å². The standard InChI is InChI=1S/C12H17ClN2O/c1-16-7-9(13)6-12-10-4-2-3-5-11(10)14-8-15-12/h8-9H,2-7H2,1H3. The van der Waals surface area contributed by atoms with Gasteiger partial charge in [-0.2, -0.15) is 0 Å². The van der Waals surface area contributed by atoms with E-state index in [1.165, 1.54) is 24.1 Å². The van der Waals surface area contributed by atoms with Gasteiger partial charge in [-0.1, -0.05) is 0 Å². The fraction of sp³-hybridized carbons (Fsp3) is 0.667. The summed E-state index contributed by atoms with van der Waals surface area (Å²) in [6.07, 6.45) is 7.11. The van der Waals surface area contributed by atoms with Crippen molar-refractivity contribution in [2.75, 3.05) is 13.7 Å². The summed E-state index contributed by atoms with van der Waals surface area (Å²) in [6.45, 7) is 0.570. The van der Waals surface area contributed by atoms with E-state index in [1.807, 2.05) is 0 Å². The van der Waals surface area contributed by atoms with E-state index in [0.717, 1.165) is 25.0 Å². The maximum Gasteiger partial charge on any atom is 0.115 e. The highest BCUT2D eigenvalue weighted by Gasteiger charge is 2.17. The van der Waals surface area contributed by atoms with Gasteiger partial charge in [0.1, 0.15) is 6.33 Å².